The van der Waals surface area contributed by atoms with E-state index < -0.39 is 23.6 Å². The molecule has 0 fully saturated rings. The zero-order valence-corrected chi connectivity index (χ0v) is 23.0. The van der Waals surface area contributed by atoms with Crippen molar-refractivity contribution in [2.45, 2.75) is 6.92 Å². The number of carbonyl (C=O) groups excluding carboxylic acids is 3. The van der Waals surface area contributed by atoms with Crippen molar-refractivity contribution < 1.29 is 34.1 Å². The molecule has 3 aromatic rings. The third-order valence-corrected chi connectivity index (χ3v) is 5.64. The van der Waals surface area contributed by atoms with Gasteiger partial charge in [-0.05, 0) is 45.3 Å². The Hall–Kier alpha value is -5.69. The zero-order chi connectivity index (χ0) is 29.5. The fourth-order valence-electron chi connectivity index (χ4n) is 3.92. The monoisotopic (exact) mass is 569 g/mol. The molecule has 1 aromatic heterocycles. The van der Waals surface area contributed by atoms with E-state index in [0.29, 0.717) is 27.8 Å². The van der Waals surface area contributed by atoms with Gasteiger partial charge in [-0.3, -0.25) is 9.78 Å². The first-order chi connectivity index (χ1) is 19.7. The Kier molecular flexibility index (Phi) is 9.98. The van der Waals surface area contributed by atoms with Crippen LogP contribution in [0.1, 0.15) is 18.1 Å². The number of nitriles is 1. The molecule has 0 saturated heterocycles. The number of hydrogen-bond donors (Lipinski definition) is 2. The number of pyridine rings is 1. The number of fused-ring (bicyclic) bond motifs is 1. The van der Waals surface area contributed by atoms with Gasteiger partial charge in [0, 0.05) is 41.1 Å². The molecule has 0 saturated carbocycles. The van der Waals surface area contributed by atoms with Crippen LogP contribution in [0.5, 0.6) is 5.75 Å². The van der Waals surface area contributed by atoms with E-state index in [1.54, 1.807) is 62.3 Å². The van der Waals surface area contributed by atoms with Crippen molar-refractivity contribution in [2.24, 2.45) is 0 Å². The van der Waals surface area contributed by atoms with Crippen molar-refractivity contribution in [1.29, 1.82) is 5.26 Å². The van der Waals surface area contributed by atoms with E-state index in [2.05, 4.69) is 27.6 Å². The number of cyclic esters (lactones) is 2. The minimum atomic E-state index is -0.921. The summed E-state index contributed by atoms with van der Waals surface area (Å²) in [5.74, 6) is -0.411. The highest BCUT2D eigenvalue weighted by Crippen LogP contribution is 2.36. The van der Waals surface area contributed by atoms with E-state index in [-0.39, 0.29) is 41.4 Å². The van der Waals surface area contributed by atoms with Crippen molar-refractivity contribution in [1.82, 2.24) is 9.88 Å². The maximum atomic E-state index is 13.5. The van der Waals surface area contributed by atoms with Crippen molar-refractivity contribution in [3.8, 4) is 24.2 Å². The Labute approximate surface area is 241 Å². The number of benzene rings is 2. The average molecular weight is 570 g/mol. The molecule has 4 N–H and O–H groups in total. The van der Waals surface area contributed by atoms with Crippen LogP contribution in [0.2, 0.25) is 0 Å². The molecule has 12 nitrogen and oxygen atoms in total. The Morgan fingerprint density at radius 3 is 2.55 bits per heavy atom. The number of esters is 2. The normalized spacial score (nSPS) is 15.2. The quantitative estimate of drug-likeness (QED) is 0.303. The summed E-state index contributed by atoms with van der Waals surface area (Å²) >= 11 is 0. The van der Waals surface area contributed by atoms with Gasteiger partial charge in [0.05, 0.1) is 35.6 Å². The Bertz CT molecular complexity index is 1700. The Balaban J connectivity index is 0.00000484. The van der Waals surface area contributed by atoms with Gasteiger partial charge >= 0.3 is 11.9 Å². The average Bonchev–Trinajstić information content (AvgIpc) is 2.94. The molecule has 1 aliphatic rings. The lowest BCUT2D eigenvalue weighted by molar-refractivity contribution is -0.142. The van der Waals surface area contributed by atoms with Crippen LogP contribution in [0.25, 0.3) is 10.9 Å². The molecule has 42 heavy (non-hydrogen) atoms. The van der Waals surface area contributed by atoms with Gasteiger partial charge < -0.3 is 35.2 Å². The number of ether oxygens (including phenoxy) is 3. The van der Waals surface area contributed by atoms with Gasteiger partial charge in [0.15, 0.2) is 5.76 Å². The number of aromatic nitrogens is 1. The maximum Gasteiger partial charge on any atom is 0.336 e. The molecule has 12 heteroatoms. The molecule has 1 aliphatic heterocycles. The van der Waals surface area contributed by atoms with Crippen LogP contribution in [-0.4, -0.2) is 60.5 Å². The smallest absolute Gasteiger partial charge is 0.336 e. The second-order valence-electron chi connectivity index (χ2n) is 8.93. The van der Waals surface area contributed by atoms with Crippen LogP contribution in [0.4, 0.5) is 17.1 Å². The second-order valence-corrected chi connectivity index (χ2v) is 8.93. The molecule has 2 heterocycles. The predicted octanol–water partition coefficient (Wildman–Crippen LogP) is 2.77. The number of carbonyl (C=O) groups is 3. The van der Waals surface area contributed by atoms with Crippen molar-refractivity contribution in [3.05, 3.63) is 77.4 Å². The van der Waals surface area contributed by atoms with Gasteiger partial charge in [0.25, 0.3) is 5.91 Å². The summed E-state index contributed by atoms with van der Waals surface area (Å²) in [6.45, 7) is 2.03. The molecule has 0 aliphatic carbocycles. The summed E-state index contributed by atoms with van der Waals surface area (Å²) in [7, 11) is 3.38. The first-order valence-corrected chi connectivity index (χ1v) is 12.4. The molecule has 4 rings (SSSR count). The highest BCUT2D eigenvalue weighted by Gasteiger charge is 2.27. The lowest BCUT2D eigenvalue weighted by Gasteiger charge is -2.19. The molecule has 214 valence electrons. The molecule has 2 aromatic carbocycles. The highest BCUT2D eigenvalue weighted by atomic mass is 16.6. The molecule has 0 atom stereocenters. The molecule has 0 spiro atoms. The standard InChI is InChI=1S/C30H25N5O6.H2O/c1-5-18-8-7-9-20(12-18)33-28-19(15-31)16-32-22-14-24(39-6-2)23(13-21(22)28)34-30(38)29-25(17-35(3)4)40-26(36)10-11-27(37)41-29;/h1,7-14,16H,6,17H2,2-4H3,(H,32,33)(H,34,38);1H2/b11-10-,29-25+;. The summed E-state index contributed by atoms with van der Waals surface area (Å²) in [5, 5.41) is 16.2. The van der Waals surface area contributed by atoms with Gasteiger partial charge in [-0.15, -0.1) is 6.42 Å². The third-order valence-electron chi connectivity index (χ3n) is 5.64. The van der Waals surface area contributed by atoms with E-state index in [4.69, 9.17) is 20.6 Å². The first-order valence-electron chi connectivity index (χ1n) is 12.4. The van der Waals surface area contributed by atoms with Gasteiger partial charge in [-0.1, -0.05) is 12.0 Å². The summed E-state index contributed by atoms with van der Waals surface area (Å²) < 4.78 is 16.3. The van der Waals surface area contributed by atoms with Crippen molar-refractivity contribution >= 4 is 45.8 Å². The maximum absolute atomic E-state index is 13.5. The summed E-state index contributed by atoms with van der Waals surface area (Å²) in [6, 6.07) is 12.4. The Morgan fingerprint density at radius 2 is 1.88 bits per heavy atom. The summed E-state index contributed by atoms with van der Waals surface area (Å²) in [5.41, 5.74) is 2.62. The Morgan fingerprint density at radius 1 is 1.14 bits per heavy atom. The topological polar surface area (TPSA) is 174 Å². The molecule has 0 unspecified atom stereocenters. The molecular weight excluding hydrogens is 542 g/mol. The van der Waals surface area contributed by atoms with E-state index >= 15 is 0 Å². The number of amides is 1. The SMILES string of the molecule is C#Cc1cccc(Nc2c(C#N)cnc3cc(OCC)c(NC(=O)/C4=C(/CN(C)C)OC(=O)/C=C\C(=O)O4)cc23)c1.O. The van der Waals surface area contributed by atoms with Crippen LogP contribution in [0, 0.1) is 23.7 Å². The lowest BCUT2D eigenvalue weighted by atomic mass is 10.1. The number of likely N-dealkylation sites (N-methyl/N-ethyl adjacent to an activating group) is 1. The zero-order valence-electron chi connectivity index (χ0n) is 23.0. The number of hydrogen-bond acceptors (Lipinski definition) is 10. The van der Waals surface area contributed by atoms with Gasteiger partial charge in [-0.2, -0.15) is 5.26 Å². The number of nitrogens with zero attached hydrogens (tertiary/aromatic N) is 3. The largest absolute Gasteiger partial charge is 0.492 e. The van der Waals surface area contributed by atoms with Crippen molar-refractivity contribution in [2.75, 3.05) is 37.9 Å². The van der Waals surface area contributed by atoms with E-state index in [9.17, 15) is 19.6 Å². The number of anilines is 3. The van der Waals surface area contributed by atoms with Crippen molar-refractivity contribution in [3.63, 3.8) is 0 Å². The van der Waals surface area contributed by atoms with Gasteiger partial charge in [0.1, 0.15) is 11.8 Å². The fraction of sp³-hybridized carbons (Fsp3) is 0.167. The van der Waals surface area contributed by atoms with Crippen LogP contribution >= 0.6 is 0 Å². The molecular formula is C30H27N5O7. The second kappa shape index (κ2) is 13.6. The van der Waals surface area contributed by atoms with Gasteiger partial charge in [0.2, 0.25) is 5.76 Å². The lowest BCUT2D eigenvalue weighted by Crippen LogP contribution is -2.27. The number of terminal acetylenes is 1. The van der Waals surface area contributed by atoms with E-state index in [0.717, 1.165) is 12.2 Å². The summed E-state index contributed by atoms with van der Waals surface area (Å²) in [6.07, 6.45) is 8.75. The summed E-state index contributed by atoms with van der Waals surface area (Å²) in [4.78, 5) is 43.9. The van der Waals surface area contributed by atoms with E-state index in [1.807, 2.05) is 0 Å². The van der Waals surface area contributed by atoms with Crippen LogP contribution in [-0.2, 0) is 23.9 Å². The number of nitrogens with one attached hydrogen (secondary N) is 2. The van der Waals surface area contributed by atoms with Gasteiger partial charge in [-0.25, -0.2) is 9.59 Å². The minimum Gasteiger partial charge on any atom is -0.492 e. The fourth-order valence-corrected chi connectivity index (χ4v) is 3.92. The third kappa shape index (κ3) is 7.08. The van der Waals surface area contributed by atoms with Crippen LogP contribution in [0.15, 0.2) is 66.3 Å². The predicted molar refractivity (Wildman–Crippen MR) is 154 cm³/mol. The van der Waals surface area contributed by atoms with E-state index in [1.165, 1.54) is 6.20 Å². The van der Waals surface area contributed by atoms with Crippen LogP contribution in [0.3, 0.4) is 0 Å². The van der Waals surface area contributed by atoms with Crippen LogP contribution < -0.4 is 15.4 Å². The minimum absolute atomic E-state index is 0. The molecule has 0 radical (unpaired) electrons. The number of rotatable bonds is 8. The molecule has 1 amide bonds. The highest BCUT2D eigenvalue weighted by molar-refractivity contribution is 6.08. The molecule has 0 bridgehead atoms. The first kappa shape index (κ1) is 30.8.